The van der Waals surface area contributed by atoms with Crippen molar-refractivity contribution in [2.24, 2.45) is 0 Å². The smallest absolute Gasteiger partial charge is 0.153 e. The van der Waals surface area contributed by atoms with E-state index in [1.165, 1.54) is 6.26 Å². The Labute approximate surface area is 79.9 Å². The van der Waals surface area contributed by atoms with E-state index in [1.54, 1.807) is 13.8 Å². The molecule has 0 aliphatic carbocycles. The average Bonchev–Trinajstić information content (AvgIpc) is 1.96. The summed E-state index contributed by atoms with van der Waals surface area (Å²) in [5.41, 5.74) is 0. The van der Waals surface area contributed by atoms with E-state index in [2.05, 4.69) is 5.32 Å². The summed E-state index contributed by atoms with van der Waals surface area (Å²) >= 11 is 0. The van der Waals surface area contributed by atoms with Gasteiger partial charge in [-0.05, 0) is 13.8 Å². The third-order valence-corrected chi connectivity index (χ3v) is 4.12. The largest absolute Gasteiger partial charge is 0.314 e. The van der Waals surface area contributed by atoms with Gasteiger partial charge in [0.1, 0.15) is 0 Å². The number of sulfone groups is 1. The van der Waals surface area contributed by atoms with Gasteiger partial charge in [0, 0.05) is 25.8 Å². The molecule has 0 heterocycles. The number of nitriles is 1. The summed E-state index contributed by atoms with van der Waals surface area (Å²) in [4.78, 5) is 0. The van der Waals surface area contributed by atoms with Gasteiger partial charge in [-0.3, -0.25) is 0 Å². The van der Waals surface area contributed by atoms with E-state index in [4.69, 9.17) is 5.26 Å². The standard InChI is InChI=1S/C8H16N2O2S/c1-8(2,13(3,11)12)7-10-6-4-5-9/h10H,4,6-7H2,1-3H3. The number of hydrogen-bond acceptors (Lipinski definition) is 4. The second-order valence-electron chi connectivity index (χ2n) is 3.62. The van der Waals surface area contributed by atoms with Crippen molar-refractivity contribution < 1.29 is 8.42 Å². The highest BCUT2D eigenvalue weighted by atomic mass is 32.2. The van der Waals surface area contributed by atoms with Crippen molar-refractivity contribution in [3.8, 4) is 6.07 Å². The first-order chi connectivity index (χ1) is 5.81. The van der Waals surface area contributed by atoms with Crippen LogP contribution in [0.5, 0.6) is 0 Å². The Kier molecular flexibility index (Phi) is 4.37. The predicted octanol–water partition coefficient (Wildman–Crippen LogP) is 0.313. The molecule has 0 aliphatic heterocycles. The summed E-state index contributed by atoms with van der Waals surface area (Å²) in [6.07, 6.45) is 1.62. The highest BCUT2D eigenvalue weighted by Gasteiger charge is 2.29. The normalized spacial score (nSPS) is 12.5. The summed E-state index contributed by atoms with van der Waals surface area (Å²) in [5.74, 6) is 0. The Hall–Kier alpha value is -0.600. The molecule has 0 radical (unpaired) electrons. The first-order valence-electron chi connectivity index (χ1n) is 4.08. The molecule has 4 nitrogen and oxygen atoms in total. The van der Waals surface area contributed by atoms with Crippen LogP contribution in [-0.2, 0) is 9.84 Å². The molecule has 0 aliphatic rings. The number of rotatable bonds is 5. The van der Waals surface area contributed by atoms with Crippen molar-refractivity contribution in [2.45, 2.75) is 25.0 Å². The SMILES string of the molecule is CC(C)(CNCCC#N)S(C)(=O)=O. The lowest BCUT2D eigenvalue weighted by Gasteiger charge is -2.22. The third-order valence-electron chi connectivity index (χ3n) is 1.97. The molecule has 0 bridgehead atoms. The lowest BCUT2D eigenvalue weighted by molar-refractivity contribution is 0.524. The van der Waals surface area contributed by atoms with Crippen LogP contribution in [0.3, 0.4) is 0 Å². The molecule has 0 aromatic carbocycles. The molecule has 0 saturated heterocycles. The van der Waals surface area contributed by atoms with Crippen LogP contribution in [0, 0.1) is 11.3 Å². The zero-order valence-corrected chi connectivity index (χ0v) is 9.11. The van der Waals surface area contributed by atoms with Crippen LogP contribution in [0.2, 0.25) is 0 Å². The van der Waals surface area contributed by atoms with E-state index in [0.717, 1.165) is 0 Å². The molecule has 0 amide bonds. The van der Waals surface area contributed by atoms with Crippen molar-refractivity contribution in [3.63, 3.8) is 0 Å². The minimum absolute atomic E-state index is 0.382. The number of nitrogens with zero attached hydrogens (tertiary/aromatic N) is 1. The molecule has 1 N–H and O–H groups in total. The second kappa shape index (κ2) is 4.58. The Morgan fingerprint density at radius 2 is 2.00 bits per heavy atom. The molecule has 13 heavy (non-hydrogen) atoms. The van der Waals surface area contributed by atoms with E-state index in [0.29, 0.717) is 19.5 Å². The monoisotopic (exact) mass is 204 g/mol. The summed E-state index contributed by atoms with van der Waals surface area (Å²) in [7, 11) is -3.03. The fourth-order valence-corrected chi connectivity index (χ4v) is 1.03. The third kappa shape index (κ3) is 4.25. The molecule has 76 valence electrons. The molecular formula is C8H16N2O2S. The molecule has 0 aromatic heterocycles. The summed E-state index contributed by atoms with van der Waals surface area (Å²) < 4.78 is 21.7. The van der Waals surface area contributed by atoms with Crippen molar-refractivity contribution >= 4 is 9.84 Å². The van der Waals surface area contributed by atoms with E-state index in [1.807, 2.05) is 6.07 Å². The first-order valence-corrected chi connectivity index (χ1v) is 5.97. The minimum atomic E-state index is -3.03. The van der Waals surface area contributed by atoms with Gasteiger partial charge in [0.25, 0.3) is 0 Å². The van der Waals surface area contributed by atoms with Gasteiger partial charge in [-0.15, -0.1) is 0 Å². The van der Waals surface area contributed by atoms with Gasteiger partial charge in [0.15, 0.2) is 9.84 Å². The molecule has 0 atom stereocenters. The topological polar surface area (TPSA) is 70.0 Å². The van der Waals surface area contributed by atoms with Gasteiger partial charge in [-0.1, -0.05) is 0 Å². The predicted molar refractivity (Wildman–Crippen MR) is 52.0 cm³/mol. The van der Waals surface area contributed by atoms with Crippen LogP contribution in [0.25, 0.3) is 0 Å². The first kappa shape index (κ1) is 12.4. The van der Waals surface area contributed by atoms with E-state index >= 15 is 0 Å². The molecule has 0 fully saturated rings. The van der Waals surface area contributed by atoms with Gasteiger partial charge in [0.2, 0.25) is 0 Å². The van der Waals surface area contributed by atoms with Crippen LogP contribution in [0.1, 0.15) is 20.3 Å². The Morgan fingerprint density at radius 3 is 2.38 bits per heavy atom. The van der Waals surface area contributed by atoms with Gasteiger partial charge in [-0.2, -0.15) is 5.26 Å². The minimum Gasteiger partial charge on any atom is -0.314 e. The zero-order valence-electron chi connectivity index (χ0n) is 8.29. The molecule has 0 rings (SSSR count). The molecule has 0 spiro atoms. The summed E-state index contributed by atoms with van der Waals surface area (Å²) in [6.45, 7) is 4.26. The maximum absolute atomic E-state index is 11.2. The summed E-state index contributed by atoms with van der Waals surface area (Å²) in [5, 5.41) is 11.2. The van der Waals surface area contributed by atoms with E-state index in [9.17, 15) is 8.42 Å². The van der Waals surface area contributed by atoms with Crippen LogP contribution >= 0.6 is 0 Å². The van der Waals surface area contributed by atoms with Gasteiger partial charge in [-0.25, -0.2) is 8.42 Å². The molecule has 5 heteroatoms. The summed E-state index contributed by atoms with van der Waals surface area (Å²) in [6, 6.07) is 1.98. The molecule has 0 aromatic rings. The maximum Gasteiger partial charge on any atom is 0.153 e. The average molecular weight is 204 g/mol. The highest BCUT2D eigenvalue weighted by molar-refractivity contribution is 7.92. The Morgan fingerprint density at radius 1 is 1.46 bits per heavy atom. The highest BCUT2D eigenvalue weighted by Crippen LogP contribution is 2.12. The van der Waals surface area contributed by atoms with Crippen LogP contribution in [-0.4, -0.2) is 32.5 Å². The number of nitrogens with one attached hydrogen (secondary N) is 1. The fourth-order valence-electron chi connectivity index (χ4n) is 0.665. The Bertz CT molecular complexity index is 288. The van der Waals surface area contributed by atoms with Crippen molar-refractivity contribution in [3.05, 3.63) is 0 Å². The molecular weight excluding hydrogens is 188 g/mol. The van der Waals surface area contributed by atoms with Crippen LogP contribution in [0.15, 0.2) is 0 Å². The lowest BCUT2D eigenvalue weighted by Crippen LogP contribution is -2.41. The maximum atomic E-state index is 11.2. The van der Waals surface area contributed by atoms with Gasteiger partial charge in [0.05, 0.1) is 10.8 Å². The van der Waals surface area contributed by atoms with Crippen molar-refractivity contribution in [1.82, 2.24) is 5.32 Å². The van der Waals surface area contributed by atoms with Crippen molar-refractivity contribution in [1.29, 1.82) is 5.26 Å². The van der Waals surface area contributed by atoms with Crippen LogP contribution < -0.4 is 5.32 Å². The Balaban J connectivity index is 4.00. The fraction of sp³-hybridized carbons (Fsp3) is 0.875. The zero-order chi connectivity index (χ0) is 10.5. The molecule has 0 unspecified atom stereocenters. The quantitative estimate of drug-likeness (QED) is 0.654. The second-order valence-corrected chi connectivity index (χ2v) is 6.27. The van der Waals surface area contributed by atoms with E-state index in [-0.39, 0.29) is 0 Å². The van der Waals surface area contributed by atoms with E-state index < -0.39 is 14.6 Å². The molecule has 0 saturated carbocycles. The van der Waals surface area contributed by atoms with Gasteiger partial charge < -0.3 is 5.32 Å². The van der Waals surface area contributed by atoms with Crippen LogP contribution in [0.4, 0.5) is 0 Å². The number of hydrogen-bond donors (Lipinski definition) is 1. The van der Waals surface area contributed by atoms with Gasteiger partial charge >= 0.3 is 0 Å². The lowest BCUT2D eigenvalue weighted by atomic mass is 10.2. The van der Waals surface area contributed by atoms with Crippen molar-refractivity contribution in [2.75, 3.05) is 19.3 Å².